The van der Waals surface area contributed by atoms with Crippen molar-refractivity contribution in [3.05, 3.63) is 23.2 Å². The van der Waals surface area contributed by atoms with E-state index >= 15 is 0 Å². The van der Waals surface area contributed by atoms with Gasteiger partial charge in [-0.15, -0.1) is 0 Å². The molecule has 6 heteroatoms. The molecule has 1 fully saturated rings. The minimum Gasteiger partial charge on any atom is -0.495 e. The number of benzene rings is 1. The molecule has 0 spiro atoms. The minimum absolute atomic E-state index is 0.0416. The molecule has 1 amide bonds. The van der Waals surface area contributed by atoms with E-state index in [2.05, 4.69) is 22.2 Å². The van der Waals surface area contributed by atoms with Gasteiger partial charge in [0.15, 0.2) is 0 Å². The highest BCUT2D eigenvalue weighted by Crippen LogP contribution is 2.27. The molecule has 0 atom stereocenters. The van der Waals surface area contributed by atoms with Gasteiger partial charge in [-0.05, 0) is 44.8 Å². The molecule has 0 bridgehead atoms. The molecule has 0 radical (unpaired) electrons. The van der Waals surface area contributed by atoms with E-state index in [9.17, 15) is 4.79 Å². The number of nitrogens with zero attached hydrogens (tertiary/aromatic N) is 2. The Balaban J connectivity index is 1.93. The highest BCUT2D eigenvalue weighted by atomic mass is 35.5. The predicted molar refractivity (Wildman–Crippen MR) is 85.2 cm³/mol. The van der Waals surface area contributed by atoms with Crippen LogP contribution in [-0.4, -0.2) is 62.6 Å². The van der Waals surface area contributed by atoms with Crippen molar-refractivity contribution in [1.82, 2.24) is 9.80 Å². The molecule has 1 aromatic rings. The number of amides is 1. The van der Waals surface area contributed by atoms with Crippen LogP contribution in [0.1, 0.15) is 6.42 Å². The first-order chi connectivity index (χ1) is 10.1. The summed E-state index contributed by atoms with van der Waals surface area (Å²) in [5.41, 5.74) is 0.613. The van der Waals surface area contributed by atoms with E-state index < -0.39 is 0 Å². The zero-order valence-electron chi connectivity index (χ0n) is 12.6. The van der Waals surface area contributed by atoms with Crippen LogP contribution in [0.3, 0.4) is 0 Å². The Hall–Kier alpha value is -1.30. The zero-order chi connectivity index (χ0) is 15.2. The van der Waals surface area contributed by atoms with Gasteiger partial charge in [-0.3, -0.25) is 9.69 Å². The van der Waals surface area contributed by atoms with Crippen LogP contribution < -0.4 is 10.1 Å². The maximum atomic E-state index is 12.2. The zero-order valence-corrected chi connectivity index (χ0v) is 13.3. The summed E-state index contributed by atoms with van der Waals surface area (Å²) in [7, 11) is 3.68. The van der Waals surface area contributed by atoms with Crippen molar-refractivity contribution in [2.45, 2.75) is 6.42 Å². The van der Waals surface area contributed by atoms with Crippen LogP contribution in [0.2, 0.25) is 5.02 Å². The molecule has 0 saturated carbocycles. The standard InChI is InChI=1S/C15H22ClN3O2/c1-18-6-3-7-19(9-8-18)11-15(20)17-13-10-12(16)4-5-14(13)21-2/h4-5,10H,3,6-9,11H2,1-2H3,(H,17,20). The van der Waals surface area contributed by atoms with E-state index in [1.807, 2.05) is 0 Å². The van der Waals surface area contributed by atoms with Gasteiger partial charge in [0.2, 0.25) is 5.91 Å². The van der Waals surface area contributed by atoms with E-state index in [4.69, 9.17) is 16.3 Å². The number of carbonyl (C=O) groups is 1. The first-order valence-corrected chi connectivity index (χ1v) is 7.50. The number of hydrogen-bond acceptors (Lipinski definition) is 4. The summed E-state index contributed by atoms with van der Waals surface area (Å²) in [5, 5.41) is 3.45. The molecule has 1 saturated heterocycles. The molecule has 1 aliphatic rings. The average molecular weight is 312 g/mol. The Morgan fingerprint density at radius 3 is 2.90 bits per heavy atom. The number of ether oxygens (including phenoxy) is 1. The summed E-state index contributed by atoms with van der Waals surface area (Å²) in [6.45, 7) is 4.33. The van der Waals surface area contributed by atoms with E-state index in [0.29, 0.717) is 23.0 Å². The maximum Gasteiger partial charge on any atom is 0.238 e. The Kier molecular flexibility index (Phi) is 5.85. The van der Waals surface area contributed by atoms with Crippen LogP contribution in [0.15, 0.2) is 18.2 Å². The monoisotopic (exact) mass is 311 g/mol. The molecule has 1 N–H and O–H groups in total. The number of methoxy groups -OCH3 is 1. The highest BCUT2D eigenvalue weighted by molar-refractivity contribution is 6.31. The number of nitrogens with one attached hydrogen (secondary N) is 1. The van der Waals surface area contributed by atoms with Crippen LogP contribution in [0, 0.1) is 0 Å². The number of carbonyl (C=O) groups excluding carboxylic acids is 1. The maximum absolute atomic E-state index is 12.2. The van der Waals surface area contributed by atoms with Crippen LogP contribution >= 0.6 is 11.6 Å². The highest BCUT2D eigenvalue weighted by Gasteiger charge is 2.16. The molecule has 5 nitrogen and oxygen atoms in total. The largest absolute Gasteiger partial charge is 0.495 e. The summed E-state index contributed by atoms with van der Waals surface area (Å²) in [4.78, 5) is 16.7. The summed E-state index contributed by atoms with van der Waals surface area (Å²) < 4.78 is 5.23. The third-order valence-electron chi connectivity index (χ3n) is 3.61. The van der Waals surface area contributed by atoms with E-state index in [-0.39, 0.29) is 5.91 Å². The van der Waals surface area contributed by atoms with E-state index in [1.165, 1.54) is 0 Å². The van der Waals surface area contributed by atoms with Gasteiger partial charge in [0.1, 0.15) is 5.75 Å². The molecule has 2 rings (SSSR count). The second-order valence-electron chi connectivity index (χ2n) is 5.33. The lowest BCUT2D eigenvalue weighted by atomic mass is 10.3. The molecule has 0 aromatic heterocycles. The van der Waals surface area contributed by atoms with Crippen LogP contribution in [0.5, 0.6) is 5.75 Å². The first-order valence-electron chi connectivity index (χ1n) is 7.13. The third kappa shape index (κ3) is 4.88. The lowest BCUT2D eigenvalue weighted by Gasteiger charge is -2.20. The van der Waals surface area contributed by atoms with Crippen LogP contribution in [0.25, 0.3) is 0 Å². The molecular formula is C15H22ClN3O2. The van der Waals surface area contributed by atoms with Crippen molar-refractivity contribution in [2.75, 3.05) is 52.2 Å². The van der Waals surface area contributed by atoms with Gasteiger partial charge in [-0.1, -0.05) is 11.6 Å². The van der Waals surface area contributed by atoms with Gasteiger partial charge >= 0.3 is 0 Å². The third-order valence-corrected chi connectivity index (χ3v) is 3.85. The summed E-state index contributed by atoms with van der Waals surface area (Å²) in [6.07, 6.45) is 1.09. The predicted octanol–water partition coefficient (Wildman–Crippen LogP) is 1.92. The Bertz CT molecular complexity index is 496. The first kappa shape index (κ1) is 16.1. The molecule has 1 aromatic carbocycles. The molecule has 116 valence electrons. The average Bonchev–Trinajstić information content (AvgIpc) is 2.64. The molecule has 0 aliphatic carbocycles. The fourth-order valence-electron chi connectivity index (χ4n) is 2.43. The van der Waals surface area contributed by atoms with Crippen molar-refractivity contribution in [2.24, 2.45) is 0 Å². The summed E-state index contributed by atoms with van der Waals surface area (Å²) in [6, 6.07) is 5.19. The normalized spacial score (nSPS) is 17.3. The van der Waals surface area contributed by atoms with E-state index in [0.717, 1.165) is 32.6 Å². The second kappa shape index (κ2) is 7.64. The molecule has 1 heterocycles. The Morgan fingerprint density at radius 2 is 2.14 bits per heavy atom. The van der Waals surface area contributed by atoms with Gasteiger partial charge in [-0.25, -0.2) is 0 Å². The quantitative estimate of drug-likeness (QED) is 0.923. The van der Waals surface area contributed by atoms with Gasteiger partial charge in [0.25, 0.3) is 0 Å². The Labute approximate surface area is 130 Å². The number of hydrogen-bond donors (Lipinski definition) is 1. The van der Waals surface area contributed by atoms with Crippen LogP contribution in [0.4, 0.5) is 5.69 Å². The lowest BCUT2D eigenvalue weighted by Crippen LogP contribution is -2.35. The van der Waals surface area contributed by atoms with Crippen LogP contribution in [-0.2, 0) is 4.79 Å². The second-order valence-corrected chi connectivity index (χ2v) is 5.76. The fourth-order valence-corrected chi connectivity index (χ4v) is 2.60. The molecule has 21 heavy (non-hydrogen) atoms. The molecular weight excluding hydrogens is 290 g/mol. The van der Waals surface area contributed by atoms with Crippen molar-refractivity contribution < 1.29 is 9.53 Å². The summed E-state index contributed by atoms with van der Waals surface area (Å²) in [5.74, 6) is 0.573. The van der Waals surface area contributed by atoms with Crippen molar-refractivity contribution in [3.8, 4) is 5.75 Å². The van der Waals surface area contributed by atoms with Crippen molar-refractivity contribution >= 4 is 23.2 Å². The lowest BCUT2D eigenvalue weighted by molar-refractivity contribution is -0.117. The van der Waals surface area contributed by atoms with Gasteiger partial charge < -0.3 is 15.0 Å². The van der Waals surface area contributed by atoms with Crippen molar-refractivity contribution in [1.29, 1.82) is 0 Å². The number of halogens is 1. The smallest absolute Gasteiger partial charge is 0.238 e. The fraction of sp³-hybridized carbons (Fsp3) is 0.533. The minimum atomic E-state index is -0.0416. The number of rotatable bonds is 4. The van der Waals surface area contributed by atoms with Gasteiger partial charge in [-0.2, -0.15) is 0 Å². The van der Waals surface area contributed by atoms with Gasteiger partial charge in [0.05, 0.1) is 19.3 Å². The Morgan fingerprint density at radius 1 is 1.33 bits per heavy atom. The number of anilines is 1. The van der Waals surface area contributed by atoms with Gasteiger partial charge in [0, 0.05) is 18.1 Å². The number of likely N-dealkylation sites (N-methyl/N-ethyl adjacent to an activating group) is 1. The van der Waals surface area contributed by atoms with Crippen molar-refractivity contribution in [3.63, 3.8) is 0 Å². The van der Waals surface area contributed by atoms with E-state index in [1.54, 1.807) is 25.3 Å². The molecule has 1 aliphatic heterocycles. The summed E-state index contributed by atoms with van der Waals surface area (Å²) >= 11 is 5.96. The molecule has 0 unspecified atom stereocenters. The SMILES string of the molecule is COc1ccc(Cl)cc1NC(=O)CN1CCCN(C)CC1. The topological polar surface area (TPSA) is 44.8 Å².